The molecule has 4 rings (SSSR count). The number of benzene rings is 2. The third-order valence-electron chi connectivity index (χ3n) is 5.46. The van der Waals surface area contributed by atoms with E-state index in [1.165, 1.54) is 29.3 Å². The zero-order valence-electron chi connectivity index (χ0n) is 18.1. The van der Waals surface area contributed by atoms with E-state index in [2.05, 4.69) is 20.0 Å². The van der Waals surface area contributed by atoms with Gasteiger partial charge in [-0.15, -0.1) is 0 Å². The molecule has 0 spiro atoms. The number of piperazine rings is 1. The van der Waals surface area contributed by atoms with Crippen molar-refractivity contribution in [3.8, 4) is 0 Å². The highest BCUT2D eigenvalue weighted by atomic mass is 32.2. The summed E-state index contributed by atoms with van der Waals surface area (Å²) in [4.78, 5) is 35.2. The molecule has 1 saturated heterocycles. The number of aromatic nitrogens is 2. The highest BCUT2D eigenvalue weighted by molar-refractivity contribution is 7.77. The number of carbonyl (C=O) groups is 2. The predicted octanol–water partition coefficient (Wildman–Crippen LogP) is 1.53. The van der Waals surface area contributed by atoms with Crippen molar-refractivity contribution in [1.82, 2.24) is 20.0 Å². The van der Waals surface area contributed by atoms with Gasteiger partial charge in [-0.2, -0.15) is 0 Å². The van der Waals surface area contributed by atoms with E-state index in [0.29, 0.717) is 24.7 Å². The molecule has 1 aromatic heterocycles. The number of hydrogen-bond donors (Lipinski definition) is 2. The van der Waals surface area contributed by atoms with Gasteiger partial charge in [0.25, 0.3) is 0 Å². The Balaban J connectivity index is 1.66. The number of ketones is 1. The van der Waals surface area contributed by atoms with Crippen LogP contribution in [0.2, 0.25) is 0 Å². The van der Waals surface area contributed by atoms with Crippen LogP contribution in [0.1, 0.15) is 27.9 Å². The second kappa shape index (κ2) is 10.6. The highest BCUT2D eigenvalue weighted by Crippen LogP contribution is 2.26. The van der Waals surface area contributed by atoms with Gasteiger partial charge in [0, 0.05) is 36.5 Å². The Bertz CT molecular complexity index is 1340. The number of nitrogens with zero attached hydrogens (tertiary/aromatic N) is 3. The summed E-state index contributed by atoms with van der Waals surface area (Å²) in [5.41, 5.74) is -0.855. The van der Waals surface area contributed by atoms with Gasteiger partial charge in [-0.05, 0) is 42.7 Å². The van der Waals surface area contributed by atoms with Crippen LogP contribution in [0.5, 0.6) is 0 Å². The molecule has 0 bridgehead atoms. The minimum absolute atomic E-state index is 0.0426. The molecule has 2 heterocycles. The monoisotopic (exact) mass is 506 g/mol. The normalized spacial score (nSPS) is 15.0. The van der Waals surface area contributed by atoms with Gasteiger partial charge < -0.3 is 9.87 Å². The maximum atomic E-state index is 15.1. The van der Waals surface area contributed by atoms with Crippen LogP contribution in [0, 0.1) is 17.5 Å². The van der Waals surface area contributed by atoms with Gasteiger partial charge >= 0.3 is 0 Å². The summed E-state index contributed by atoms with van der Waals surface area (Å²) in [6, 6.07) is 4.66. The second-order valence-corrected chi connectivity index (χ2v) is 8.49. The lowest BCUT2D eigenvalue weighted by Crippen LogP contribution is -2.48. The molecule has 0 radical (unpaired) electrons. The van der Waals surface area contributed by atoms with Crippen LogP contribution in [0.25, 0.3) is 11.0 Å². The van der Waals surface area contributed by atoms with Crippen molar-refractivity contribution in [2.24, 2.45) is 0 Å². The van der Waals surface area contributed by atoms with Crippen LogP contribution in [0.4, 0.5) is 19.0 Å². The topological polar surface area (TPSA) is 127 Å². The van der Waals surface area contributed by atoms with Gasteiger partial charge in [0.15, 0.2) is 23.2 Å². The van der Waals surface area contributed by atoms with E-state index < -0.39 is 40.1 Å². The zero-order valence-corrected chi connectivity index (χ0v) is 19.0. The van der Waals surface area contributed by atoms with Gasteiger partial charge in [0.1, 0.15) is 5.82 Å². The summed E-state index contributed by atoms with van der Waals surface area (Å²) in [6.45, 7) is 1.04. The summed E-state index contributed by atoms with van der Waals surface area (Å²) in [6.07, 6.45) is 1.39. The Kier molecular flexibility index (Phi) is 7.50. The first-order valence-electron chi connectivity index (χ1n) is 10.6. The van der Waals surface area contributed by atoms with Crippen LogP contribution in [0.15, 0.2) is 30.5 Å². The standard InChI is InChI=1S/C22H20F3N5O4S/c23-14-8-12(2-1-5-28-35(33)34)20(24)19(21(14)25)22(32)13-3-4-15-16(9-13)29-17(10-27-15)30-7-6-26-11-18(30)31/h3-4,8-10,26,28H,1-2,5-7,11H2,(H,33,34)/p-1. The van der Waals surface area contributed by atoms with Crippen molar-refractivity contribution in [2.45, 2.75) is 12.8 Å². The van der Waals surface area contributed by atoms with Crippen molar-refractivity contribution in [3.63, 3.8) is 0 Å². The molecule has 1 amide bonds. The van der Waals surface area contributed by atoms with Crippen molar-refractivity contribution in [1.29, 1.82) is 0 Å². The molecular formula is C22H19F3N5O4S-. The largest absolute Gasteiger partial charge is 0.760 e. The fraction of sp³-hybridized carbons (Fsp3) is 0.273. The SMILES string of the molecule is O=C(c1ccc2ncc(N3CCNCC3=O)nc2c1)c1c(F)c(F)cc(CCCNS(=O)[O-])c1F. The summed E-state index contributed by atoms with van der Waals surface area (Å²) < 4.78 is 66.9. The van der Waals surface area contributed by atoms with Crippen molar-refractivity contribution < 1.29 is 31.5 Å². The Labute approximate surface area is 200 Å². The minimum atomic E-state index is -2.51. The van der Waals surface area contributed by atoms with Gasteiger partial charge in [-0.3, -0.25) is 23.7 Å². The summed E-state index contributed by atoms with van der Waals surface area (Å²) >= 11 is -2.51. The quantitative estimate of drug-likeness (QED) is 0.205. The Hall–Kier alpha value is -3.26. The minimum Gasteiger partial charge on any atom is -0.760 e. The predicted molar refractivity (Wildman–Crippen MR) is 120 cm³/mol. The van der Waals surface area contributed by atoms with Crippen LogP contribution >= 0.6 is 0 Å². The molecule has 1 aliphatic rings. The van der Waals surface area contributed by atoms with E-state index in [4.69, 9.17) is 0 Å². The fourth-order valence-corrected chi connectivity index (χ4v) is 4.05. The van der Waals surface area contributed by atoms with Crippen LogP contribution in [-0.4, -0.2) is 56.6 Å². The summed E-state index contributed by atoms with van der Waals surface area (Å²) in [5, 5.41) is 2.94. The molecule has 35 heavy (non-hydrogen) atoms. The number of anilines is 1. The first-order chi connectivity index (χ1) is 16.8. The van der Waals surface area contributed by atoms with Gasteiger partial charge in [-0.1, -0.05) is 0 Å². The molecule has 1 fully saturated rings. The van der Waals surface area contributed by atoms with Gasteiger partial charge in [0.05, 0.1) is 29.3 Å². The number of nitrogens with one attached hydrogen (secondary N) is 2. The maximum Gasteiger partial charge on any atom is 0.242 e. The number of amides is 1. The molecule has 3 aromatic rings. The van der Waals surface area contributed by atoms with E-state index >= 15 is 4.39 Å². The Morgan fingerprint density at radius 2 is 2.00 bits per heavy atom. The van der Waals surface area contributed by atoms with E-state index in [1.54, 1.807) is 0 Å². The first-order valence-corrected chi connectivity index (χ1v) is 11.7. The molecule has 2 N–H and O–H groups in total. The molecule has 184 valence electrons. The molecular weight excluding hydrogens is 487 g/mol. The fourth-order valence-electron chi connectivity index (χ4n) is 3.74. The van der Waals surface area contributed by atoms with Crippen molar-refractivity contribution in [3.05, 3.63) is 64.6 Å². The lowest BCUT2D eigenvalue weighted by molar-refractivity contribution is -0.118. The average molecular weight is 506 g/mol. The number of hydrogen-bond acceptors (Lipinski definition) is 7. The number of rotatable bonds is 8. The van der Waals surface area contributed by atoms with Crippen LogP contribution in [-0.2, 0) is 22.5 Å². The maximum absolute atomic E-state index is 15.1. The third kappa shape index (κ3) is 5.37. The Morgan fingerprint density at radius 3 is 2.74 bits per heavy atom. The smallest absolute Gasteiger partial charge is 0.242 e. The number of halogens is 3. The zero-order chi connectivity index (χ0) is 25.1. The van der Waals surface area contributed by atoms with E-state index in [9.17, 15) is 27.1 Å². The summed E-state index contributed by atoms with van der Waals surface area (Å²) in [5.74, 6) is -5.26. The van der Waals surface area contributed by atoms with E-state index in [0.717, 1.165) is 0 Å². The molecule has 9 nitrogen and oxygen atoms in total. The summed E-state index contributed by atoms with van der Waals surface area (Å²) in [7, 11) is 0. The molecule has 0 aliphatic carbocycles. The van der Waals surface area contributed by atoms with Crippen molar-refractivity contribution in [2.75, 3.05) is 31.1 Å². The lowest BCUT2D eigenvalue weighted by Gasteiger charge is -2.26. The van der Waals surface area contributed by atoms with Crippen LogP contribution in [0.3, 0.4) is 0 Å². The molecule has 13 heteroatoms. The number of fused-ring (bicyclic) bond motifs is 1. The molecule has 1 atom stereocenters. The molecule has 1 aliphatic heterocycles. The number of carbonyl (C=O) groups excluding carboxylic acids is 2. The highest BCUT2D eigenvalue weighted by Gasteiger charge is 2.26. The van der Waals surface area contributed by atoms with Crippen LogP contribution < -0.4 is 14.9 Å². The molecule has 2 aromatic carbocycles. The van der Waals surface area contributed by atoms with Crippen molar-refractivity contribution >= 4 is 39.8 Å². The average Bonchev–Trinajstić information content (AvgIpc) is 2.84. The lowest BCUT2D eigenvalue weighted by atomic mass is 9.97. The number of aryl methyl sites for hydroxylation is 1. The molecule has 1 unspecified atom stereocenters. The first kappa shape index (κ1) is 24.9. The van der Waals surface area contributed by atoms with Gasteiger partial charge in [0.2, 0.25) is 5.91 Å². The van der Waals surface area contributed by atoms with E-state index in [1.807, 2.05) is 0 Å². The molecule has 0 saturated carbocycles. The van der Waals surface area contributed by atoms with Gasteiger partial charge in [-0.25, -0.2) is 22.9 Å². The van der Waals surface area contributed by atoms with E-state index in [-0.39, 0.29) is 54.3 Å². The second-order valence-electron chi connectivity index (χ2n) is 7.74. The Morgan fingerprint density at radius 1 is 1.20 bits per heavy atom. The third-order valence-corrected chi connectivity index (χ3v) is 5.90.